The first kappa shape index (κ1) is 17.9. The van der Waals surface area contributed by atoms with E-state index < -0.39 is 32.5 Å². The number of sulfone groups is 1. The fourth-order valence-corrected chi connectivity index (χ4v) is 2.54. The van der Waals surface area contributed by atoms with Gasteiger partial charge in [-0.3, -0.25) is 10.1 Å². The van der Waals surface area contributed by atoms with Crippen LogP contribution in [0.3, 0.4) is 0 Å². The van der Waals surface area contributed by atoms with Gasteiger partial charge in [0.15, 0.2) is 9.84 Å². The van der Waals surface area contributed by atoms with Crippen LogP contribution in [0.2, 0.25) is 0 Å². The fraction of sp³-hybridized carbons (Fsp3) is 0.462. The number of nitrogens with one attached hydrogen (secondary N) is 1. The summed E-state index contributed by atoms with van der Waals surface area (Å²) in [4.78, 5) is 21.4. The molecule has 0 amide bonds. The van der Waals surface area contributed by atoms with Gasteiger partial charge in [-0.05, 0) is 24.5 Å². The number of carboxylic acids is 1. The maximum atomic E-state index is 11.5. The average molecular weight is 330 g/mol. The number of hydrogen-bond acceptors (Lipinski definition) is 6. The molecule has 0 aromatic heterocycles. The molecule has 22 heavy (non-hydrogen) atoms. The second-order valence-electron chi connectivity index (χ2n) is 5.37. The molecule has 1 unspecified atom stereocenters. The summed E-state index contributed by atoms with van der Waals surface area (Å²) in [5.74, 6) is -1.06. The molecular weight excluding hydrogens is 312 g/mol. The van der Waals surface area contributed by atoms with Crippen LogP contribution in [0.1, 0.15) is 20.3 Å². The van der Waals surface area contributed by atoms with Gasteiger partial charge in [-0.2, -0.15) is 0 Å². The molecule has 8 nitrogen and oxygen atoms in total. The zero-order valence-electron chi connectivity index (χ0n) is 12.4. The van der Waals surface area contributed by atoms with Crippen molar-refractivity contribution >= 4 is 27.2 Å². The van der Waals surface area contributed by atoms with Crippen LogP contribution in [0, 0.1) is 16.0 Å². The first-order valence-corrected chi connectivity index (χ1v) is 8.39. The van der Waals surface area contributed by atoms with Crippen LogP contribution in [-0.2, 0) is 14.6 Å². The van der Waals surface area contributed by atoms with E-state index in [1.165, 1.54) is 12.1 Å². The van der Waals surface area contributed by atoms with Gasteiger partial charge in [-0.1, -0.05) is 13.8 Å². The molecule has 0 radical (unpaired) electrons. The predicted octanol–water partition coefficient (Wildman–Crippen LogP) is 1.91. The first-order chi connectivity index (χ1) is 10.0. The molecule has 0 saturated heterocycles. The van der Waals surface area contributed by atoms with Gasteiger partial charge < -0.3 is 10.4 Å². The fourth-order valence-electron chi connectivity index (χ4n) is 1.90. The van der Waals surface area contributed by atoms with Gasteiger partial charge in [0.05, 0.1) is 9.82 Å². The third kappa shape index (κ3) is 4.69. The number of benzene rings is 1. The Bertz CT molecular complexity index is 684. The van der Waals surface area contributed by atoms with Crippen molar-refractivity contribution in [2.24, 2.45) is 5.92 Å². The predicted molar refractivity (Wildman–Crippen MR) is 80.7 cm³/mol. The van der Waals surface area contributed by atoms with Crippen molar-refractivity contribution in [2.45, 2.75) is 31.2 Å². The van der Waals surface area contributed by atoms with Crippen LogP contribution in [0.4, 0.5) is 11.4 Å². The van der Waals surface area contributed by atoms with E-state index in [0.29, 0.717) is 0 Å². The second kappa shape index (κ2) is 6.73. The minimum absolute atomic E-state index is 0.0227. The largest absolute Gasteiger partial charge is 0.480 e. The number of nitro groups is 1. The van der Waals surface area contributed by atoms with Crippen molar-refractivity contribution < 1.29 is 23.2 Å². The van der Waals surface area contributed by atoms with E-state index in [1.54, 1.807) is 0 Å². The standard InChI is InChI=1S/C13H18N2O6S/c1-8(2)6-11(13(16)17)14-10-5-4-9(22(3,20)21)7-12(10)15(18)19/h4-5,7-8,11,14H,6H2,1-3H3,(H,16,17). The highest BCUT2D eigenvalue weighted by atomic mass is 32.2. The van der Waals surface area contributed by atoms with Crippen LogP contribution in [-0.4, -0.2) is 36.7 Å². The van der Waals surface area contributed by atoms with Crippen LogP contribution in [0.5, 0.6) is 0 Å². The first-order valence-electron chi connectivity index (χ1n) is 6.50. The highest BCUT2D eigenvalue weighted by Crippen LogP contribution is 2.28. The lowest BCUT2D eigenvalue weighted by molar-refractivity contribution is -0.384. The number of carboxylic acid groups (broad SMARTS) is 1. The normalized spacial score (nSPS) is 12.9. The van der Waals surface area contributed by atoms with Crippen LogP contribution in [0.25, 0.3) is 0 Å². The van der Waals surface area contributed by atoms with E-state index in [1.807, 2.05) is 13.8 Å². The van der Waals surface area contributed by atoms with E-state index in [9.17, 15) is 23.3 Å². The minimum atomic E-state index is -3.59. The molecule has 9 heteroatoms. The summed E-state index contributed by atoms with van der Waals surface area (Å²) in [6.07, 6.45) is 1.22. The highest BCUT2D eigenvalue weighted by molar-refractivity contribution is 7.90. The number of rotatable bonds is 7. The Kier molecular flexibility index (Phi) is 5.48. The van der Waals surface area contributed by atoms with Gasteiger partial charge in [0, 0.05) is 12.3 Å². The Morgan fingerprint density at radius 1 is 1.41 bits per heavy atom. The highest BCUT2D eigenvalue weighted by Gasteiger charge is 2.24. The van der Waals surface area contributed by atoms with Crippen molar-refractivity contribution in [3.05, 3.63) is 28.3 Å². The van der Waals surface area contributed by atoms with E-state index in [-0.39, 0.29) is 22.9 Å². The Labute approximate surface area is 128 Å². The Morgan fingerprint density at radius 2 is 2.00 bits per heavy atom. The average Bonchev–Trinajstić information content (AvgIpc) is 2.36. The molecule has 0 bridgehead atoms. The molecule has 0 aliphatic heterocycles. The van der Waals surface area contributed by atoms with Crippen LogP contribution in [0.15, 0.2) is 23.1 Å². The quantitative estimate of drug-likeness (QED) is 0.577. The second-order valence-corrected chi connectivity index (χ2v) is 7.39. The maximum Gasteiger partial charge on any atom is 0.326 e. The molecule has 0 fully saturated rings. The summed E-state index contributed by atoms with van der Waals surface area (Å²) < 4.78 is 22.9. The summed E-state index contributed by atoms with van der Waals surface area (Å²) in [7, 11) is -3.59. The number of nitro benzene ring substituents is 1. The molecule has 0 saturated carbocycles. The monoisotopic (exact) mass is 330 g/mol. The molecule has 1 aromatic rings. The molecule has 1 aromatic carbocycles. The van der Waals surface area contributed by atoms with Gasteiger partial charge in [-0.15, -0.1) is 0 Å². The Balaban J connectivity index is 3.23. The molecule has 1 rings (SSSR count). The third-order valence-corrected chi connectivity index (χ3v) is 4.04. The van der Waals surface area contributed by atoms with Gasteiger partial charge in [0.2, 0.25) is 0 Å². The smallest absolute Gasteiger partial charge is 0.326 e. The summed E-state index contributed by atoms with van der Waals surface area (Å²) in [5.41, 5.74) is -0.497. The number of aliphatic carboxylic acids is 1. The number of nitrogens with zero attached hydrogens (tertiary/aromatic N) is 1. The van der Waals surface area contributed by atoms with Crippen molar-refractivity contribution in [3.8, 4) is 0 Å². The zero-order valence-corrected chi connectivity index (χ0v) is 13.3. The van der Waals surface area contributed by atoms with Crippen molar-refractivity contribution in [1.29, 1.82) is 0 Å². The number of hydrogen-bond donors (Lipinski definition) is 2. The van der Waals surface area contributed by atoms with E-state index in [2.05, 4.69) is 5.32 Å². The summed E-state index contributed by atoms with van der Waals surface area (Å²) in [5, 5.41) is 22.9. The van der Waals surface area contributed by atoms with Crippen LogP contribution < -0.4 is 5.32 Å². The van der Waals surface area contributed by atoms with Crippen molar-refractivity contribution in [3.63, 3.8) is 0 Å². The molecule has 122 valence electrons. The molecule has 0 aliphatic carbocycles. The Hall–Kier alpha value is -2.16. The van der Waals surface area contributed by atoms with Gasteiger partial charge in [0.25, 0.3) is 5.69 Å². The summed E-state index contributed by atoms with van der Waals surface area (Å²) in [6, 6.07) is 2.35. The molecule has 0 heterocycles. The van der Waals surface area contributed by atoms with Gasteiger partial charge >= 0.3 is 5.97 Å². The molecular formula is C13H18N2O6S. The molecule has 1 atom stereocenters. The van der Waals surface area contributed by atoms with Crippen molar-refractivity contribution in [2.75, 3.05) is 11.6 Å². The third-order valence-electron chi connectivity index (χ3n) is 2.93. The summed E-state index contributed by atoms with van der Waals surface area (Å²) in [6.45, 7) is 3.66. The summed E-state index contributed by atoms with van der Waals surface area (Å²) >= 11 is 0. The van der Waals surface area contributed by atoms with Crippen molar-refractivity contribution in [1.82, 2.24) is 0 Å². The maximum absolute atomic E-state index is 11.5. The lowest BCUT2D eigenvalue weighted by Gasteiger charge is -2.17. The lowest BCUT2D eigenvalue weighted by atomic mass is 10.0. The molecule has 2 N–H and O–H groups in total. The van der Waals surface area contributed by atoms with Gasteiger partial charge in [0.1, 0.15) is 11.7 Å². The van der Waals surface area contributed by atoms with Gasteiger partial charge in [-0.25, -0.2) is 13.2 Å². The van der Waals surface area contributed by atoms with E-state index in [4.69, 9.17) is 5.11 Å². The molecule has 0 spiro atoms. The SMILES string of the molecule is CC(C)CC(Nc1ccc(S(C)(=O)=O)cc1[N+](=O)[O-])C(=O)O. The molecule has 0 aliphatic rings. The van der Waals surface area contributed by atoms with Crippen LogP contribution >= 0.6 is 0 Å². The Morgan fingerprint density at radius 3 is 2.41 bits per heavy atom. The number of anilines is 1. The topological polar surface area (TPSA) is 127 Å². The van der Waals surface area contributed by atoms with E-state index in [0.717, 1.165) is 12.3 Å². The number of carbonyl (C=O) groups is 1. The zero-order chi connectivity index (χ0) is 17.1. The lowest BCUT2D eigenvalue weighted by Crippen LogP contribution is -2.31. The van der Waals surface area contributed by atoms with E-state index >= 15 is 0 Å². The minimum Gasteiger partial charge on any atom is -0.480 e.